The first-order valence-corrected chi connectivity index (χ1v) is 9.82. The highest BCUT2D eigenvalue weighted by molar-refractivity contribution is 5.77. The molecule has 138 valence electrons. The second kappa shape index (κ2) is 7.98. The van der Waals surface area contributed by atoms with Crippen molar-refractivity contribution in [3.05, 3.63) is 30.4 Å². The largest absolute Gasteiger partial charge is 0.340 e. The number of hydrogen-bond acceptors (Lipinski definition) is 5. The molecule has 3 heterocycles. The molecule has 1 amide bonds. The van der Waals surface area contributed by atoms with Crippen LogP contribution in [0.1, 0.15) is 57.2 Å². The molecule has 0 N–H and O–H groups in total. The maximum Gasteiger partial charge on any atom is 0.258 e. The zero-order valence-corrected chi connectivity index (χ0v) is 15.1. The molecule has 26 heavy (non-hydrogen) atoms. The number of amides is 1. The fourth-order valence-electron chi connectivity index (χ4n) is 4.31. The molecule has 1 saturated heterocycles. The number of nitrogens with zero attached hydrogens (tertiary/aromatic N) is 4. The Labute approximate surface area is 154 Å². The summed E-state index contributed by atoms with van der Waals surface area (Å²) in [5.74, 6) is 2.21. The van der Waals surface area contributed by atoms with E-state index in [9.17, 15) is 4.79 Å². The summed E-state index contributed by atoms with van der Waals surface area (Å²) < 4.78 is 5.36. The summed E-state index contributed by atoms with van der Waals surface area (Å²) in [5.41, 5.74) is 0.882. The Bertz CT molecular complexity index is 724. The number of aryl methyl sites for hydroxylation is 1. The zero-order chi connectivity index (χ0) is 17.8. The van der Waals surface area contributed by atoms with Crippen LogP contribution in [0.5, 0.6) is 0 Å². The van der Waals surface area contributed by atoms with Crippen LogP contribution in [0.2, 0.25) is 0 Å². The van der Waals surface area contributed by atoms with Gasteiger partial charge in [-0.3, -0.25) is 9.78 Å². The maximum absolute atomic E-state index is 12.7. The molecule has 6 nitrogen and oxygen atoms in total. The van der Waals surface area contributed by atoms with Gasteiger partial charge in [0.2, 0.25) is 5.91 Å². The van der Waals surface area contributed by atoms with Crippen molar-refractivity contribution in [2.24, 2.45) is 5.92 Å². The highest BCUT2D eigenvalue weighted by Crippen LogP contribution is 2.30. The summed E-state index contributed by atoms with van der Waals surface area (Å²) >= 11 is 0. The number of rotatable bonds is 6. The first-order chi connectivity index (χ1) is 12.8. The SMILES string of the molecule is O=C(CC1CCCC1)N1CCCC1CCc1noc(-c2ccncc2)n1. The Morgan fingerprint density at radius 3 is 2.77 bits per heavy atom. The molecule has 0 radical (unpaired) electrons. The van der Waals surface area contributed by atoms with Gasteiger partial charge in [-0.2, -0.15) is 4.98 Å². The third kappa shape index (κ3) is 3.94. The molecule has 0 bridgehead atoms. The van der Waals surface area contributed by atoms with Gasteiger partial charge in [-0.15, -0.1) is 0 Å². The van der Waals surface area contributed by atoms with Gasteiger partial charge in [-0.1, -0.05) is 18.0 Å². The van der Waals surface area contributed by atoms with Gasteiger partial charge < -0.3 is 9.42 Å². The van der Waals surface area contributed by atoms with E-state index in [0.29, 0.717) is 29.6 Å². The molecule has 1 unspecified atom stereocenters. The molecule has 4 rings (SSSR count). The number of aromatic nitrogens is 3. The molecule has 1 atom stereocenters. The van der Waals surface area contributed by atoms with Gasteiger partial charge in [-0.05, 0) is 50.2 Å². The lowest BCUT2D eigenvalue weighted by Gasteiger charge is -2.25. The van der Waals surface area contributed by atoms with Crippen LogP contribution < -0.4 is 0 Å². The molecule has 1 aliphatic heterocycles. The quantitative estimate of drug-likeness (QED) is 0.792. The van der Waals surface area contributed by atoms with Gasteiger partial charge in [0.05, 0.1) is 0 Å². The predicted molar refractivity (Wildman–Crippen MR) is 97.2 cm³/mol. The highest BCUT2D eigenvalue weighted by Gasteiger charge is 2.30. The highest BCUT2D eigenvalue weighted by atomic mass is 16.5. The van der Waals surface area contributed by atoms with Crippen molar-refractivity contribution in [3.8, 4) is 11.5 Å². The molecule has 1 saturated carbocycles. The number of likely N-dealkylation sites (tertiary alicyclic amines) is 1. The van der Waals surface area contributed by atoms with Crippen LogP contribution in [-0.4, -0.2) is 38.5 Å². The predicted octanol–water partition coefficient (Wildman–Crippen LogP) is 3.64. The standard InChI is InChI=1S/C20H26N4O2/c25-19(14-15-4-1-2-5-15)24-13-3-6-17(24)7-8-18-22-20(26-23-18)16-9-11-21-12-10-16/h9-12,15,17H,1-8,13-14H2. The molecular weight excluding hydrogens is 328 g/mol. The third-order valence-electron chi connectivity index (χ3n) is 5.73. The smallest absolute Gasteiger partial charge is 0.258 e. The number of carbonyl (C=O) groups is 1. The molecule has 6 heteroatoms. The van der Waals surface area contributed by atoms with E-state index in [1.54, 1.807) is 12.4 Å². The minimum Gasteiger partial charge on any atom is -0.340 e. The summed E-state index contributed by atoms with van der Waals surface area (Å²) in [6.45, 7) is 0.907. The Kier molecular flexibility index (Phi) is 5.27. The number of hydrogen-bond donors (Lipinski definition) is 0. The second-order valence-electron chi connectivity index (χ2n) is 7.53. The van der Waals surface area contributed by atoms with Crippen LogP contribution in [0.25, 0.3) is 11.5 Å². The van der Waals surface area contributed by atoms with Crippen molar-refractivity contribution >= 4 is 5.91 Å². The van der Waals surface area contributed by atoms with E-state index >= 15 is 0 Å². The monoisotopic (exact) mass is 354 g/mol. The van der Waals surface area contributed by atoms with Crippen molar-refractivity contribution in [1.29, 1.82) is 0 Å². The van der Waals surface area contributed by atoms with Crippen LogP contribution in [0.4, 0.5) is 0 Å². The van der Waals surface area contributed by atoms with E-state index in [2.05, 4.69) is 20.0 Å². The normalized spacial score (nSPS) is 20.8. The van der Waals surface area contributed by atoms with Crippen molar-refractivity contribution < 1.29 is 9.32 Å². The number of pyridine rings is 1. The fourth-order valence-corrected chi connectivity index (χ4v) is 4.31. The van der Waals surface area contributed by atoms with Crippen molar-refractivity contribution in [2.45, 2.75) is 63.8 Å². The Morgan fingerprint density at radius 1 is 1.15 bits per heavy atom. The lowest BCUT2D eigenvalue weighted by atomic mass is 10.0. The van der Waals surface area contributed by atoms with Crippen molar-refractivity contribution in [1.82, 2.24) is 20.0 Å². The van der Waals surface area contributed by atoms with Gasteiger partial charge in [0.25, 0.3) is 5.89 Å². The van der Waals surface area contributed by atoms with E-state index in [-0.39, 0.29) is 0 Å². The van der Waals surface area contributed by atoms with Gasteiger partial charge in [0.15, 0.2) is 5.82 Å². The third-order valence-corrected chi connectivity index (χ3v) is 5.73. The minimum atomic E-state index is 0.326. The van der Waals surface area contributed by atoms with E-state index in [1.165, 1.54) is 25.7 Å². The summed E-state index contributed by atoms with van der Waals surface area (Å²) in [4.78, 5) is 23.3. The number of carbonyl (C=O) groups excluding carboxylic acids is 1. The minimum absolute atomic E-state index is 0.326. The van der Waals surface area contributed by atoms with E-state index < -0.39 is 0 Å². The van der Waals surface area contributed by atoms with E-state index in [1.807, 2.05) is 12.1 Å². The molecule has 2 aromatic rings. The maximum atomic E-state index is 12.7. The lowest BCUT2D eigenvalue weighted by molar-refractivity contribution is -0.133. The Balaban J connectivity index is 1.32. The van der Waals surface area contributed by atoms with Crippen LogP contribution in [-0.2, 0) is 11.2 Å². The molecule has 2 aliphatic rings. The summed E-state index contributed by atoms with van der Waals surface area (Å²) in [7, 11) is 0. The van der Waals surface area contributed by atoms with Crippen molar-refractivity contribution in [3.63, 3.8) is 0 Å². The first kappa shape index (κ1) is 17.2. The van der Waals surface area contributed by atoms with Crippen LogP contribution in [0, 0.1) is 5.92 Å². The second-order valence-corrected chi connectivity index (χ2v) is 7.53. The average Bonchev–Trinajstić information content (AvgIpc) is 3.42. The van der Waals surface area contributed by atoms with E-state index in [0.717, 1.165) is 44.2 Å². The molecule has 2 fully saturated rings. The van der Waals surface area contributed by atoms with Gasteiger partial charge >= 0.3 is 0 Å². The van der Waals surface area contributed by atoms with E-state index in [4.69, 9.17) is 4.52 Å². The van der Waals surface area contributed by atoms with Gasteiger partial charge in [-0.25, -0.2) is 0 Å². The van der Waals surface area contributed by atoms with Crippen molar-refractivity contribution in [2.75, 3.05) is 6.54 Å². The van der Waals surface area contributed by atoms with Crippen LogP contribution in [0.3, 0.4) is 0 Å². The average molecular weight is 354 g/mol. The molecule has 2 aromatic heterocycles. The molecule has 0 aromatic carbocycles. The lowest BCUT2D eigenvalue weighted by Crippen LogP contribution is -2.36. The van der Waals surface area contributed by atoms with Crippen LogP contribution >= 0.6 is 0 Å². The Hall–Kier alpha value is -2.24. The summed E-state index contributed by atoms with van der Waals surface area (Å²) in [5, 5.41) is 4.10. The topological polar surface area (TPSA) is 72.1 Å². The molecule has 0 spiro atoms. The Morgan fingerprint density at radius 2 is 1.96 bits per heavy atom. The van der Waals surface area contributed by atoms with Gasteiger partial charge in [0.1, 0.15) is 0 Å². The van der Waals surface area contributed by atoms with Crippen LogP contribution in [0.15, 0.2) is 29.0 Å². The summed E-state index contributed by atoms with van der Waals surface area (Å²) in [6.07, 6.45) is 13.1. The first-order valence-electron chi connectivity index (χ1n) is 9.82. The summed E-state index contributed by atoms with van der Waals surface area (Å²) in [6, 6.07) is 4.04. The molecule has 1 aliphatic carbocycles. The van der Waals surface area contributed by atoms with Gasteiger partial charge in [0, 0.05) is 43.4 Å². The molecular formula is C20H26N4O2. The zero-order valence-electron chi connectivity index (χ0n) is 15.1. The fraction of sp³-hybridized carbons (Fsp3) is 0.600.